The minimum atomic E-state index is -1.01. The maximum atomic E-state index is 15.4. The van der Waals surface area contributed by atoms with Crippen molar-refractivity contribution in [2.75, 3.05) is 11.9 Å². The molecule has 4 heterocycles. The summed E-state index contributed by atoms with van der Waals surface area (Å²) < 4.78 is 17.1. The zero-order valence-corrected chi connectivity index (χ0v) is 18.8. The zero-order valence-electron chi connectivity index (χ0n) is 18.8. The van der Waals surface area contributed by atoms with Crippen LogP contribution in [0.4, 0.5) is 10.2 Å². The number of rotatable bonds is 4. The zero-order chi connectivity index (χ0) is 23.4. The van der Waals surface area contributed by atoms with Gasteiger partial charge < -0.3 is 19.9 Å². The van der Waals surface area contributed by atoms with Crippen LogP contribution in [0.1, 0.15) is 38.8 Å². The first kappa shape index (κ1) is 21.3. The van der Waals surface area contributed by atoms with Crippen molar-refractivity contribution in [3.05, 3.63) is 48.8 Å². The van der Waals surface area contributed by atoms with Gasteiger partial charge in [-0.3, -0.25) is 4.98 Å². The quantitative estimate of drug-likeness (QED) is 0.632. The molecule has 2 bridgehead atoms. The molecule has 0 unspecified atom stereocenters. The Morgan fingerprint density at radius 2 is 2.06 bits per heavy atom. The predicted octanol–water partition coefficient (Wildman–Crippen LogP) is 3.35. The Hall–Kier alpha value is -3.51. The number of nitrogens with zero attached hydrogens (tertiary/aromatic N) is 6. The first-order chi connectivity index (χ1) is 15.7. The van der Waals surface area contributed by atoms with Gasteiger partial charge in [0.05, 0.1) is 29.8 Å². The highest BCUT2D eigenvalue weighted by Crippen LogP contribution is 2.45. The molecular formula is C24H26FN7O. The van der Waals surface area contributed by atoms with Crippen LogP contribution in [0, 0.1) is 11.3 Å². The second-order valence-corrected chi connectivity index (χ2v) is 9.63. The molecule has 0 amide bonds. The van der Waals surface area contributed by atoms with Crippen LogP contribution in [0.15, 0.2) is 43.1 Å². The van der Waals surface area contributed by atoms with Gasteiger partial charge in [0.1, 0.15) is 30.1 Å². The highest BCUT2D eigenvalue weighted by Gasteiger charge is 2.56. The highest BCUT2D eigenvalue weighted by atomic mass is 19.1. The van der Waals surface area contributed by atoms with Crippen molar-refractivity contribution >= 4 is 5.82 Å². The molecule has 0 aliphatic carbocycles. The minimum Gasteiger partial charge on any atom is -0.507 e. The highest BCUT2D eigenvalue weighted by molar-refractivity contribution is 5.68. The number of phenols is 1. The summed E-state index contributed by atoms with van der Waals surface area (Å²) in [6, 6.07) is 6.82. The number of nitriles is 1. The largest absolute Gasteiger partial charge is 0.507 e. The Morgan fingerprint density at radius 1 is 1.24 bits per heavy atom. The SMILES string of the molecule is CN(c1cnc(-c2ccc(-n3cnc(C#N)c3)cc2O)cn1)[C@@H]1C[C@@]2(C)CC[C@](C)(N2)[C@@H]1F. The number of phenolic OH excluding ortho intramolecular Hbond substituents is 1. The third-order valence-electron chi connectivity index (χ3n) is 7.14. The second-order valence-electron chi connectivity index (χ2n) is 9.63. The van der Waals surface area contributed by atoms with Gasteiger partial charge in [-0.05, 0) is 45.2 Å². The molecule has 2 N–H and O–H groups in total. The van der Waals surface area contributed by atoms with Crippen molar-refractivity contribution in [1.82, 2.24) is 24.8 Å². The molecule has 2 saturated heterocycles. The van der Waals surface area contributed by atoms with E-state index in [-0.39, 0.29) is 17.3 Å². The van der Waals surface area contributed by atoms with E-state index in [4.69, 9.17) is 5.26 Å². The fourth-order valence-electron chi connectivity index (χ4n) is 5.26. The number of fused-ring (bicyclic) bond motifs is 2. The minimum absolute atomic E-state index is 0.0368. The van der Waals surface area contributed by atoms with E-state index in [1.807, 2.05) is 24.9 Å². The molecule has 9 heteroatoms. The summed E-state index contributed by atoms with van der Waals surface area (Å²) in [6.07, 6.45) is 7.80. The third kappa shape index (κ3) is 3.60. The van der Waals surface area contributed by atoms with Gasteiger partial charge in [0, 0.05) is 36.0 Å². The van der Waals surface area contributed by atoms with Crippen LogP contribution in [0.3, 0.4) is 0 Å². The Balaban J connectivity index is 1.37. The molecule has 1 aromatic carbocycles. The van der Waals surface area contributed by atoms with E-state index in [0.29, 0.717) is 34.9 Å². The summed E-state index contributed by atoms with van der Waals surface area (Å²) in [5, 5.41) is 23.0. The first-order valence-electron chi connectivity index (χ1n) is 11.0. The van der Waals surface area contributed by atoms with Crippen molar-refractivity contribution in [3.63, 3.8) is 0 Å². The van der Waals surface area contributed by atoms with Gasteiger partial charge in [0.15, 0.2) is 5.69 Å². The van der Waals surface area contributed by atoms with E-state index in [9.17, 15) is 5.11 Å². The van der Waals surface area contributed by atoms with Crippen LogP contribution < -0.4 is 10.2 Å². The Bertz CT molecular complexity index is 1240. The Kier molecular flexibility index (Phi) is 4.87. The molecule has 2 fully saturated rings. The number of halogens is 1. The maximum absolute atomic E-state index is 15.4. The van der Waals surface area contributed by atoms with Crippen LogP contribution in [-0.2, 0) is 0 Å². The summed E-state index contributed by atoms with van der Waals surface area (Å²) in [5.74, 6) is 0.633. The first-order valence-corrected chi connectivity index (χ1v) is 11.0. The van der Waals surface area contributed by atoms with Gasteiger partial charge in [0.25, 0.3) is 0 Å². The molecule has 3 aromatic rings. The molecule has 2 aromatic heterocycles. The molecule has 170 valence electrons. The van der Waals surface area contributed by atoms with Crippen molar-refractivity contribution < 1.29 is 9.50 Å². The number of aromatic nitrogens is 4. The molecule has 8 nitrogen and oxygen atoms in total. The molecule has 2 aliphatic heterocycles. The predicted molar refractivity (Wildman–Crippen MR) is 122 cm³/mol. The number of imidazole rings is 1. The van der Waals surface area contributed by atoms with Crippen molar-refractivity contribution in [1.29, 1.82) is 5.26 Å². The Labute approximate surface area is 191 Å². The van der Waals surface area contributed by atoms with Gasteiger partial charge in [-0.15, -0.1) is 0 Å². The molecule has 4 atom stereocenters. The maximum Gasteiger partial charge on any atom is 0.158 e. The van der Waals surface area contributed by atoms with Crippen molar-refractivity contribution in [2.24, 2.45) is 0 Å². The molecular weight excluding hydrogens is 421 g/mol. The smallest absolute Gasteiger partial charge is 0.158 e. The van der Waals surface area contributed by atoms with Gasteiger partial charge >= 0.3 is 0 Å². The molecule has 33 heavy (non-hydrogen) atoms. The number of aromatic hydroxyl groups is 1. The van der Waals surface area contributed by atoms with E-state index < -0.39 is 11.7 Å². The van der Waals surface area contributed by atoms with E-state index in [0.717, 1.165) is 12.8 Å². The average molecular weight is 448 g/mol. The molecule has 0 radical (unpaired) electrons. The second kappa shape index (κ2) is 7.52. The summed E-state index contributed by atoms with van der Waals surface area (Å²) >= 11 is 0. The van der Waals surface area contributed by atoms with Gasteiger partial charge in [-0.2, -0.15) is 5.26 Å². The topological polar surface area (TPSA) is 103 Å². The molecule has 5 rings (SSSR count). The summed E-state index contributed by atoms with van der Waals surface area (Å²) in [6.45, 7) is 4.13. The van der Waals surface area contributed by atoms with Crippen molar-refractivity contribution in [2.45, 2.75) is 56.4 Å². The number of hydrogen-bond donors (Lipinski definition) is 2. The summed E-state index contributed by atoms with van der Waals surface area (Å²) in [7, 11) is 1.87. The normalized spacial score (nSPS) is 28.5. The number of nitrogens with one attached hydrogen (secondary N) is 1. The van der Waals surface area contributed by atoms with Crippen LogP contribution in [0.25, 0.3) is 16.9 Å². The lowest BCUT2D eigenvalue weighted by Gasteiger charge is -2.47. The van der Waals surface area contributed by atoms with E-state index in [1.165, 1.54) is 6.33 Å². The summed E-state index contributed by atoms with van der Waals surface area (Å²) in [5.41, 5.74) is 1.43. The lowest BCUT2D eigenvalue weighted by Crippen LogP contribution is -2.65. The van der Waals surface area contributed by atoms with Gasteiger partial charge in [-0.25, -0.2) is 14.4 Å². The number of anilines is 1. The molecule has 0 spiro atoms. The van der Waals surface area contributed by atoms with E-state index in [1.54, 1.807) is 41.4 Å². The lowest BCUT2D eigenvalue weighted by molar-refractivity contribution is 0.0859. The van der Waals surface area contributed by atoms with Crippen molar-refractivity contribution in [3.8, 4) is 28.8 Å². The van der Waals surface area contributed by atoms with Gasteiger partial charge in [-0.1, -0.05) is 0 Å². The standard InChI is InChI=1S/C24H26FN7O/c1-23-6-7-24(2,30-23)22(25)19(9-23)31(3)21-12-27-18(11-28-21)17-5-4-16(8-20(17)33)32-13-15(10-26)29-14-32/h4-5,8,11-14,19,22,30,33H,6-7,9H2,1-3H3/t19-,22-,23-,24+/m1/s1. The van der Waals surface area contributed by atoms with Crippen LogP contribution in [0.2, 0.25) is 0 Å². The fourth-order valence-corrected chi connectivity index (χ4v) is 5.26. The molecule has 0 saturated carbocycles. The average Bonchev–Trinajstić information content (AvgIpc) is 3.39. The number of hydrogen-bond acceptors (Lipinski definition) is 7. The van der Waals surface area contributed by atoms with Gasteiger partial charge in [0.2, 0.25) is 0 Å². The lowest BCUT2D eigenvalue weighted by atomic mass is 9.82. The number of alkyl halides is 1. The van der Waals surface area contributed by atoms with Crippen LogP contribution in [0.5, 0.6) is 5.75 Å². The van der Waals surface area contributed by atoms with Crippen LogP contribution >= 0.6 is 0 Å². The number of piperidine rings is 1. The number of benzene rings is 1. The molecule has 2 aliphatic rings. The van der Waals surface area contributed by atoms with E-state index >= 15 is 4.39 Å². The Morgan fingerprint density at radius 3 is 2.73 bits per heavy atom. The summed E-state index contributed by atoms with van der Waals surface area (Å²) in [4.78, 5) is 14.9. The third-order valence-corrected chi connectivity index (χ3v) is 7.14. The monoisotopic (exact) mass is 447 g/mol. The fraction of sp³-hybridized carbons (Fsp3) is 0.417. The van der Waals surface area contributed by atoms with E-state index in [2.05, 4.69) is 27.2 Å². The van der Waals surface area contributed by atoms with Crippen LogP contribution in [-0.4, -0.2) is 55.0 Å².